The van der Waals surface area contributed by atoms with Crippen LogP contribution in [-0.4, -0.2) is 29.7 Å². The topological polar surface area (TPSA) is 48.4 Å². The van der Waals surface area contributed by atoms with Gasteiger partial charge in [-0.15, -0.1) is 0 Å². The maximum atomic E-state index is 14.2. The van der Waals surface area contributed by atoms with E-state index in [0.29, 0.717) is 18.7 Å². The predicted octanol–water partition coefficient (Wildman–Crippen LogP) is 2.64. The van der Waals surface area contributed by atoms with E-state index in [-0.39, 0.29) is 5.82 Å². The highest BCUT2D eigenvalue weighted by Gasteiger charge is 2.18. The Hall–Kier alpha value is -1.98. The summed E-state index contributed by atoms with van der Waals surface area (Å²) in [7, 11) is 0. The number of pyridine rings is 1. The molecule has 5 heteroatoms. The molecule has 1 aromatic heterocycles. The van der Waals surface area contributed by atoms with Gasteiger partial charge >= 0.3 is 0 Å². The number of nitrogens with zero attached hydrogens (tertiary/aromatic N) is 2. The number of hydrogen-bond acceptors (Lipinski definition) is 4. The highest BCUT2D eigenvalue weighted by atomic mass is 19.1. The zero-order valence-corrected chi connectivity index (χ0v) is 13.1. The minimum atomic E-state index is -0.625. The zero-order chi connectivity index (χ0) is 16.1. The summed E-state index contributed by atoms with van der Waals surface area (Å²) in [6, 6.07) is 8.80. The van der Waals surface area contributed by atoms with E-state index < -0.39 is 6.10 Å². The summed E-state index contributed by atoms with van der Waals surface area (Å²) < 4.78 is 14.2. The number of anilines is 1. The third kappa shape index (κ3) is 3.86. The lowest BCUT2D eigenvalue weighted by atomic mass is 10.1. The van der Waals surface area contributed by atoms with Crippen molar-refractivity contribution >= 4 is 5.69 Å². The van der Waals surface area contributed by atoms with Crippen LogP contribution in [0, 0.1) is 5.82 Å². The maximum Gasteiger partial charge on any atom is 0.129 e. The van der Waals surface area contributed by atoms with Gasteiger partial charge in [-0.1, -0.05) is 6.07 Å². The fourth-order valence-corrected chi connectivity index (χ4v) is 3.01. The molecule has 3 rings (SSSR count). The van der Waals surface area contributed by atoms with Crippen molar-refractivity contribution in [1.82, 2.24) is 10.3 Å². The molecule has 0 saturated carbocycles. The highest BCUT2D eigenvalue weighted by Crippen LogP contribution is 2.26. The van der Waals surface area contributed by atoms with Crippen LogP contribution in [-0.2, 0) is 6.54 Å². The van der Waals surface area contributed by atoms with Gasteiger partial charge < -0.3 is 15.3 Å². The molecular formula is C18H22FN3O. The van der Waals surface area contributed by atoms with Crippen LogP contribution >= 0.6 is 0 Å². The first-order chi connectivity index (χ1) is 11.3. The predicted molar refractivity (Wildman–Crippen MR) is 88.8 cm³/mol. The number of aromatic nitrogens is 1. The Bertz CT molecular complexity index is 629. The second kappa shape index (κ2) is 7.53. The van der Waals surface area contributed by atoms with Crippen molar-refractivity contribution < 1.29 is 9.50 Å². The maximum absolute atomic E-state index is 14.2. The van der Waals surface area contributed by atoms with Crippen LogP contribution in [0.3, 0.4) is 0 Å². The minimum absolute atomic E-state index is 0.194. The molecule has 0 radical (unpaired) electrons. The van der Waals surface area contributed by atoms with Gasteiger partial charge in [-0.05, 0) is 42.7 Å². The van der Waals surface area contributed by atoms with E-state index in [1.165, 1.54) is 6.07 Å². The van der Waals surface area contributed by atoms with Crippen LogP contribution < -0.4 is 10.2 Å². The van der Waals surface area contributed by atoms with Gasteiger partial charge in [0.1, 0.15) is 5.82 Å². The monoisotopic (exact) mass is 315 g/mol. The van der Waals surface area contributed by atoms with Crippen molar-refractivity contribution in [1.29, 1.82) is 0 Å². The molecule has 122 valence electrons. The summed E-state index contributed by atoms with van der Waals surface area (Å²) in [5, 5.41) is 13.3. The third-order valence-electron chi connectivity index (χ3n) is 4.27. The standard InChI is InChI=1S/C18H22FN3O/c19-16-4-3-5-17(22-10-1-2-11-22)15(16)12-21-13-18(23)14-6-8-20-9-7-14/h3-9,18,21,23H,1-2,10-13H2. The fraction of sp³-hybridized carbons (Fsp3) is 0.389. The van der Waals surface area contributed by atoms with Gasteiger partial charge in [-0.3, -0.25) is 4.98 Å². The van der Waals surface area contributed by atoms with Crippen molar-refractivity contribution in [2.45, 2.75) is 25.5 Å². The number of aliphatic hydroxyl groups is 1. The van der Waals surface area contributed by atoms with E-state index in [2.05, 4.69) is 15.2 Å². The minimum Gasteiger partial charge on any atom is -0.387 e. The molecule has 1 atom stereocenters. The van der Waals surface area contributed by atoms with Gasteiger partial charge in [0.25, 0.3) is 0 Å². The van der Waals surface area contributed by atoms with E-state index in [0.717, 1.165) is 37.2 Å². The van der Waals surface area contributed by atoms with E-state index in [1.807, 2.05) is 6.07 Å². The Balaban J connectivity index is 1.64. The summed E-state index contributed by atoms with van der Waals surface area (Å²) in [6.45, 7) is 2.74. The van der Waals surface area contributed by atoms with Gasteiger partial charge in [0.15, 0.2) is 0 Å². The van der Waals surface area contributed by atoms with Crippen LogP contribution in [0.25, 0.3) is 0 Å². The van der Waals surface area contributed by atoms with E-state index >= 15 is 0 Å². The van der Waals surface area contributed by atoms with Crippen molar-refractivity contribution in [3.63, 3.8) is 0 Å². The molecule has 0 spiro atoms. The van der Waals surface area contributed by atoms with Crippen LogP contribution in [0.5, 0.6) is 0 Å². The Kier molecular flexibility index (Phi) is 5.20. The van der Waals surface area contributed by atoms with E-state index in [9.17, 15) is 9.50 Å². The Morgan fingerprint density at radius 1 is 1.17 bits per heavy atom. The lowest BCUT2D eigenvalue weighted by Gasteiger charge is -2.22. The molecule has 2 heterocycles. The molecule has 1 saturated heterocycles. The first-order valence-corrected chi connectivity index (χ1v) is 8.07. The zero-order valence-electron chi connectivity index (χ0n) is 13.1. The summed E-state index contributed by atoms with van der Waals surface area (Å²) in [4.78, 5) is 6.17. The average Bonchev–Trinajstić information content (AvgIpc) is 3.11. The van der Waals surface area contributed by atoms with Crippen molar-refractivity contribution in [2.75, 3.05) is 24.5 Å². The Labute approximate surface area is 136 Å². The highest BCUT2D eigenvalue weighted by molar-refractivity contribution is 5.54. The van der Waals surface area contributed by atoms with E-state index in [1.54, 1.807) is 30.6 Å². The molecule has 1 fully saturated rings. The molecular weight excluding hydrogens is 293 g/mol. The lowest BCUT2D eigenvalue weighted by molar-refractivity contribution is 0.174. The molecule has 0 bridgehead atoms. The first kappa shape index (κ1) is 15.9. The second-order valence-corrected chi connectivity index (χ2v) is 5.86. The summed E-state index contributed by atoms with van der Waals surface area (Å²) >= 11 is 0. The van der Waals surface area contributed by atoms with Gasteiger partial charge in [-0.25, -0.2) is 4.39 Å². The molecule has 23 heavy (non-hydrogen) atoms. The molecule has 0 aliphatic carbocycles. The largest absolute Gasteiger partial charge is 0.387 e. The van der Waals surface area contributed by atoms with Gasteiger partial charge in [0.2, 0.25) is 0 Å². The number of hydrogen-bond donors (Lipinski definition) is 2. The number of aliphatic hydroxyl groups excluding tert-OH is 1. The van der Waals surface area contributed by atoms with Gasteiger partial charge in [-0.2, -0.15) is 0 Å². The molecule has 1 aliphatic rings. The SMILES string of the molecule is OC(CNCc1c(F)cccc1N1CCCC1)c1ccncc1. The van der Waals surface area contributed by atoms with Crippen molar-refractivity contribution in [3.05, 3.63) is 59.7 Å². The second-order valence-electron chi connectivity index (χ2n) is 5.86. The molecule has 2 aromatic rings. The number of halogens is 1. The average molecular weight is 315 g/mol. The summed E-state index contributed by atoms with van der Waals surface area (Å²) in [5.74, 6) is -0.194. The Morgan fingerprint density at radius 3 is 2.65 bits per heavy atom. The van der Waals surface area contributed by atoms with Gasteiger partial charge in [0.05, 0.1) is 6.10 Å². The number of rotatable bonds is 6. The Morgan fingerprint density at radius 2 is 1.91 bits per heavy atom. The number of benzene rings is 1. The molecule has 1 unspecified atom stereocenters. The normalized spacial score (nSPS) is 15.8. The quantitative estimate of drug-likeness (QED) is 0.860. The van der Waals surface area contributed by atoms with Crippen molar-refractivity contribution in [2.24, 2.45) is 0 Å². The van der Waals surface area contributed by atoms with Crippen LogP contribution in [0.15, 0.2) is 42.7 Å². The van der Waals surface area contributed by atoms with Crippen molar-refractivity contribution in [3.8, 4) is 0 Å². The molecule has 4 nitrogen and oxygen atoms in total. The smallest absolute Gasteiger partial charge is 0.129 e. The molecule has 1 aliphatic heterocycles. The van der Waals surface area contributed by atoms with Crippen LogP contribution in [0.4, 0.5) is 10.1 Å². The van der Waals surface area contributed by atoms with Crippen LogP contribution in [0.2, 0.25) is 0 Å². The van der Waals surface area contributed by atoms with E-state index in [4.69, 9.17) is 0 Å². The number of nitrogens with one attached hydrogen (secondary N) is 1. The fourth-order valence-electron chi connectivity index (χ4n) is 3.01. The summed E-state index contributed by atoms with van der Waals surface area (Å²) in [5.41, 5.74) is 2.45. The lowest BCUT2D eigenvalue weighted by Crippen LogP contribution is -2.25. The summed E-state index contributed by atoms with van der Waals surface area (Å²) in [6.07, 6.45) is 5.00. The third-order valence-corrected chi connectivity index (χ3v) is 4.27. The molecule has 2 N–H and O–H groups in total. The molecule has 1 aromatic carbocycles. The molecule has 0 amide bonds. The van der Waals surface area contributed by atoms with Crippen LogP contribution in [0.1, 0.15) is 30.1 Å². The van der Waals surface area contributed by atoms with Gasteiger partial charge in [0, 0.05) is 49.8 Å². The first-order valence-electron chi connectivity index (χ1n) is 8.07.